The van der Waals surface area contributed by atoms with Gasteiger partial charge in [0.05, 0.1) is 5.69 Å². The van der Waals surface area contributed by atoms with Crippen molar-refractivity contribution in [2.24, 2.45) is 0 Å². The molecule has 1 amide bonds. The van der Waals surface area contributed by atoms with Crippen LogP contribution >= 0.6 is 11.6 Å². The molecule has 0 radical (unpaired) electrons. The van der Waals surface area contributed by atoms with Gasteiger partial charge in [0, 0.05) is 41.5 Å². The van der Waals surface area contributed by atoms with E-state index in [2.05, 4.69) is 25.6 Å². The summed E-state index contributed by atoms with van der Waals surface area (Å²) in [5, 5.41) is 14.8. The molecule has 0 fully saturated rings. The molecule has 7 nitrogen and oxygen atoms in total. The second kappa shape index (κ2) is 8.06. The summed E-state index contributed by atoms with van der Waals surface area (Å²) in [6.07, 6.45) is 4.12. The highest BCUT2D eigenvalue weighted by Gasteiger charge is 2.08. The Morgan fingerprint density at radius 1 is 1.11 bits per heavy atom. The maximum absolute atomic E-state index is 12.3. The molecule has 28 heavy (non-hydrogen) atoms. The van der Waals surface area contributed by atoms with Crippen LogP contribution in [-0.4, -0.2) is 37.4 Å². The second-order valence-corrected chi connectivity index (χ2v) is 6.55. The van der Waals surface area contributed by atoms with Crippen LogP contribution in [0.5, 0.6) is 0 Å². The minimum Gasteiger partial charge on any atom is -0.352 e. The van der Waals surface area contributed by atoms with Crippen LogP contribution in [0, 0.1) is 0 Å². The number of benzene rings is 2. The van der Waals surface area contributed by atoms with Gasteiger partial charge < -0.3 is 5.32 Å². The zero-order valence-corrected chi connectivity index (χ0v) is 15.6. The predicted octanol–water partition coefficient (Wildman–Crippen LogP) is 3.28. The molecule has 0 aliphatic heterocycles. The lowest BCUT2D eigenvalue weighted by atomic mass is 10.2. The lowest BCUT2D eigenvalue weighted by Gasteiger charge is -2.05. The van der Waals surface area contributed by atoms with Crippen LogP contribution in [0.15, 0.2) is 67.0 Å². The van der Waals surface area contributed by atoms with Gasteiger partial charge in [-0.3, -0.25) is 9.89 Å². The van der Waals surface area contributed by atoms with E-state index in [1.807, 2.05) is 36.5 Å². The third-order valence-corrected chi connectivity index (χ3v) is 4.43. The number of aromatic amines is 1. The number of nitrogens with one attached hydrogen (secondary N) is 2. The first-order chi connectivity index (χ1) is 13.7. The lowest BCUT2D eigenvalue weighted by Crippen LogP contribution is -2.25. The van der Waals surface area contributed by atoms with Crippen molar-refractivity contribution in [1.29, 1.82) is 0 Å². The second-order valence-electron chi connectivity index (χ2n) is 6.12. The van der Waals surface area contributed by atoms with Gasteiger partial charge in [-0.1, -0.05) is 11.6 Å². The Morgan fingerprint density at radius 2 is 1.89 bits per heavy atom. The third-order valence-electron chi connectivity index (χ3n) is 4.18. The zero-order chi connectivity index (χ0) is 19.3. The average molecular weight is 393 g/mol. The molecule has 0 saturated heterocycles. The molecular weight excluding hydrogens is 376 g/mol. The maximum Gasteiger partial charge on any atom is 0.251 e. The van der Waals surface area contributed by atoms with Gasteiger partial charge in [0.1, 0.15) is 5.82 Å². The van der Waals surface area contributed by atoms with Crippen LogP contribution < -0.4 is 5.32 Å². The Kier molecular flexibility index (Phi) is 5.16. The summed E-state index contributed by atoms with van der Waals surface area (Å²) in [5.41, 5.74) is 2.38. The highest BCUT2D eigenvalue weighted by atomic mass is 35.5. The molecule has 0 unspecified atom stereocenters. The fourth-order valence-corrected chi connectivity index (χ4v) is 2.84. The van der Waals surface area contributed by atoms with E-state index < -0.39 is 0 Å². The van der Waals surface area contributed by atoms with E-state index >= 15 is 0 Å². The SMILES string of the molecule is O=C(NCCc1nc(-c2ccc(Cl)cc2)n[nH]1)c1ccc(-n2cccn2)cc1. The Morgan fingerprint density at radius 3 is 2.61 bits per heavy atom. The van der Waals surface area contributed by atoms with Crippen molar-refractivity contribution in [3.05, 3.63) is 83.4 Å². The third kappa shape index (κ3) is 4.10. The van der Waals surface area contributed by atoms with Crippen LogP contribution in [0.25, 0.3) is 17.1 Å². The van der Waals surface area contributed by atoms with Gasteiger partial charge in [-0.25, -0.2) is 9.67 Å². The fourth-order valence-electron chi connectivity index (χ4n) is 2.72. The number of hydrogen-bond donors (Lipinski definition) is 2. The summed E-state index contributed by atoms with van der Waals surface area (Å²) in [6.45, 7) is 0.453. The summed E-state index contributed by atoms with van der Waals surface area (Å²) >= 11 is 5.89. The summed E-state index contributed by atoms with van der Waals surface area (Å²) in [7, 11) is 0. The molecule has 140 valence electrons. The van der Waals surface area contributed by atoms with Gasteiger partial charge in [0.15, 0.2) is 5.82 Å². The number of aromatic nitrogens is 5. The Labute approximate surface area is 166 Å². The first-order valence-electron chi connectivity index (χ1n) is 8.74. The van der Waals surface area contributed by atoms with Crippen molar-refractivity contribution in [3.8, 4) is 17.1 Å². The van der Waals surface area contributed by atoms with E-state index in [9.17, 15) is 4.79 Å². The highest BCUT2D eigenvalue weighted by Crippen LogP contribution is 2.17. The van der Waals surface area contributed by atoms with Gasteiger partial charge in [-0.05, 0) is 54.6 Å². The average Bonchev–Trinajstić information content (AvgIpc) is 3.41. The largest absolute Gasteiger partial charge is 0.352 e. The van der Waals surface area contributed by atoms with Crippen LogP contribution in [0.1, 0.15) is 16.2 Å². The van der Waals surface area contributed by atoms with Crippen molar-refractivity contribution in [1.82, 2.24) is 30.3 Å². The van der Waals surface area contributed by atoms with Crippen molar-refractivity contribution in [2.75, 3.05) is 6.54 Å². The van der Waals surface area contributed by atoms with Crippen molar-refractivity contribution < 1.29 is 4.79 Å². The standard InChI is InChI=1S/C20H17ClN6O/c21-16-6-2-14(3-7-16)19-24-18(25-26-19)10-12-22-20(28)15-4-8-17(9-5-15)27-13-1-11-23-27/h1-9,11,13H,10,12H2,(H,22,28)(H,24,25,26). The summed E-state index contributed by atoms with van der Waals surface area (Å²) in [4.78, 5) is 16.7. The lowest BCUT2D eigenvalue weighted by molar-refractivity contribution is 0.0954. The van der Waals surface area contributed by atoms with Crippen molar-refractivity contribution in [3.63, 3.8) is 0 Å². The predicted molar refractivity (Wildman–Crippen MR) is 106 cm³/mol. The van der Waals surface area contributed by atoms with Crippen molar-refractivity contribution in [2.45, 2.75) is 6.42 Å². The molecule has 0 bridgehead atoms. The molecule has 4 rings (SSSR count). The topological polar surface area (TPSA) is 88.5 Å². The van der Waals surface area contributed by atoms with Crippen molar-refractivity contribution >= 4 is 17.5 Å². The van der Waals surface area contributed by atoms with Gasteiger partial charge in [0.2, 0.25) is 0 Å². The van der Waals surface area contributed by atoms with E-state index in [1.165, 1.54) is 0 Å². The van der Waals surface area contributed by atoms with Crippen LogP contribution in [0.4, 0.5) is 0 Å². The smallest absolute Gasteiger partial charge is 0.251 e. The number of carbonyl (C=O) groups excluding carboxylic acids is 1. The quantitative estimate of drug-likeness (QED) is 0.527. The molecule has 8 heteroatoms. The van der Waals surface area contributed by atoms with E-state index in [0.29, 0.717) is 35.2 Å². The first-order valence-corrected chi connectivity index (χ1v) is 9.12. The molecule has 2 heterocycles. The number of carbonyl (C=O) groups is 1. The van der Waals surface area contributed by atoms with E-state index in [0.717, 1.165) is 11.3 Å². The normalized spacial score (nSPS) is 10.8. The summed E-state index contributed by atoms with van der Waals surface area (Å²) in [5.74, 6) is 1.18. The number of H-pyrrole nitrogens is 1. The zero-order valence-electron chi connectivity index (χ0n) is 14.8. The van der Waals surface area contributed by atoms with Gasteiger partial charge in [-0.15, -0.1) is 0 Å². The number of rotatable bonds is 6. The van der Waals surface area contributed by atoms with Gasteiger partial charge >= 0.3 is 0 Å². The molecule has 0 atom stereocenters. The molecule has 0 aliphatic rings. The molecule has 4 aromatic rings. The Bertz CT molecular complexity index is 1060. The first kappa shape index (κ1) is 17.9. The molecular formula is C20H17ClN6O. The number of hydrogen-bond acceptors (Lipinski definition) is 4. The van der Waals surface area contributed by atoms with Crippen LogP contribution in [0.2, 0.25) is 5.02 Å². The van der Waals surface area contributed by atoms with E-state index in [-0.39, 0.29) is 5.91 Å². The number of nitrogens with zero attached hydrogens (tertiary/aromatic N) is 4. The summed E-state index contributed by atoms with van der Waals surface area (Å²) < 4.78 is 1.74. The van der Waals surface area contributed by atoms with Gasteiger partial charge in [-0.2, -0.15) is 10.2 Å². The maximum atomic E-state index is 12.3. The van der Waals surface area contributed by atoms with Crippen LogP contribution in [-0.2, 0) is 6.42 Å². The molecule has 2 aromatic heterocycles. The summed E-state index contributed by atoms with van der Waals surface area (Å²) in [6, 6.07) is 16.4. The van der Waals surface area contributed by atoms with E-state index in [4.69, 9.17) is 11.6 Å². The monoisotopic (exact) mass is 392 g/mol. The van der Waals surface area contributed by atoms with Gasteiger partial charge in [0.25, 0.3) is 5.91 Å². The Hall–Kier alpha value is -3.45. The molecule has 0 aliphatic carbocycles. The van der Waals surface area contributed by atoms with Crippen LogP contribution in [0.3, 0.4) is 0 Å². The molecule has 0 saturated carbocycles. The number of amides is 1. The minimum atomic E-state index is -0.135. The molecule has 2 N–H and O–H groups in total. The molecule has 0 spiro atoms. The fraction of sp³-hybridized carbons (Fsp3) is 0.100. The Balaban J connectivity index is 1.31. The minimum absolute atomic E-state index is 0.135. The highest BCUT2D eigenvalue weighted by molar-refractivity contribution is 6.30. The van der Waals surface area contributed by atoms with E-state index in [1.54, 1.807) is 35.1 Å². The number of halogens is 1. The molecule has 2 aromatic carbocycles.